The molecule has 0 aliphatic carbocycles. The largest absolute Gasteiger partial charge is 0.321 e. The number of hydrogen-bond donors (Lipinski definition) is 1. The quantitative estimate of drug-likeness (QED) is 0.549. The van der Waals surface area contributed by atoms with Crippen molar-refractivity contribution >= 4 is 34.0 Å². The summed E-state index contributed by atoms with van der Waals surface area (Å²) in [5.74, 6) is -0.197. The third-order valence-corrected chi connectivity index (χ3v) is 4.98. The summed E-state index contributed by atoms with van der Waals surface area (Å²) in [5.41, 5.74) is 0.923. The highest BCUT2D eigenvalue weighted by Gasteiger charge is 2.31. The minimum atomic E-state index is -0.884. The van der Waals surface area contributed by atoms with Crippen molar-refractivity contribution in [3.05, 3.63) is 77.8 Å². The van der Waals surface area contributed by atoms with Crippen LogP contribution in [0.15, 0.2) is 67.3 Å². The molecular formula is C21H20ClN5O. The number of carbonyl (C=O) groups excluding carboxylic acids is 1. The first-order chi connectivity index (χ1) is 13.4. The van der Waals surface area contributed by atoms with Gasteiger partial charge in [0.1, 0.15) is 5.54 Å². The smallest absolute Gasteiger partial charge is 0.251 e. The number of anilines is 1. The summed E-state index contributed by atoms with van der Waals surface area (Å²) < 4.78 is 3.36. The van der Waals surface area contributed by atoms with Crippen molar-refractivity contribution in [2.24, 2.45) is 0 Å². The van der Waals surface area contributed by atoms with Gasteiger partial charge >= 0.3 is 0 Å². The second-order valence-electron chi connectivity index (χ2n) is 7.18. The van der Waals surface area contributed by atoms with Crippen LogP contribution in [0.25, 0.3) is 10.8 Å². The van der Waals surface area contributed by atoms with Crippen LogP contribution in [0.2, 0.25) is 5.02 Å². The van der Waals surface area contributed by atoms with Gasteiger partial charge in [-0.15, -0.1) is 0 Å². The van der Waals surface area contributed by atoms with E-state index in [0.717, 1.165) is 0 Å². The van der Waals surface area contributed by atoms with Crippen molar-refractivity contribution in [2.45, 2.75) is 25.9 Å². The number of rotatable bonds is 5. The zero-order valence-electron chi connectivity index (χ0n) is 15.6. The average Bonchev–Trinajstić information content (AvgIpc) is 3.31. The first kappa shape index (κ1) is 18.3. The highest BCUT2D eigenvalue weighted by Crippen LogP contribution is 2.21. The van der Waals surface area contributed by atoms with Gasteiger partial charge in [-0.3, -0.25) is 14.2 Å². The van der Waals surface area contributed by atoms with Gasteiger partial charge in [0, 0.05) is 12.4 Å². The summed E-state index contributed by atoms with van der Waals surface area (Å²) in [7, 11) is 0. The lowest BCUT2D eigenvalue weighted by Gasteiger charge is -2.23. The van der Waals surface area contributed by atoms with E-state index < -0.39 is 5.54 Å². The van der Waals surface area contributed by atoms with E-state index in [4.69, 9.17) is 11.6 Å². The van der Waals surface area contributed by atoms with Crippen LogP contribution in [-0.4, -0.2) is 25.5 Å². The highest BCUT2D eigenvalue weighted by molar-refractivity contribution is 6.30. The molecule has 4 aromatic rings. The molecule has 0 saturated heterocycles. The molecule has 28 heavy (non-hydrogen) atoms. The van der Waals surface area contributed by atoms with Crippen molar-refractivity contribution in [3.63, 3.8) is 0 Å². The van der Waals surface area contributed by atoms with Crippen LogP contribution in [0.1, 0.15) is 19.4 Å². The molecule has 1 N–H and O–H groups in total. The topological polar surface area (TPSA) is 64.7 Å². The Morgan fingerprint density at radius 3 is 2.64 bits per heavy atom. The third kappa shape index (κ3) is 3.51. The maximum Gasteiger partial charge on any atom is 0.251 e. The van der Waals surface area contributed by atoms with Crippen molar-refractivity contribution in [1.82, 2.24) is 19.6 Å². The van der Waals surface area contributed by atoms with Crippen molar-refractivity contribution in [3.8, 4) is 0 Å². The fraction of sp³-hybridized carbons (Fsp3) is 0.190. The summed E-state index contributed by atoms with van der Waals surface area (Å²) in [6.45, 7) is 4.19. The van der Waals surface area contributed by atoms with Gasteiger partial charge in [-0.1, -0.05) is 54.1 Å². The highest BCUT2D eigenvalue weighted by atomic mass is 35.5. The maximum absolute atomic E-state index is 12.7. The minimum Gasteiger partial charge on any atom is -0.321 e. The van der Waals surface area contributed by atoms with Crippen LogP contribution in [-0.2, 0) is 16.9 Å². The normalized spacial score (nSPS) is 11.7. The van der Waals surface area contributed by atoms with Gasteiger partial charge in [-0.2, -0.15) is 10.2 Å². The second-order valence-corrected chi connectivity index (χ2v) is 7.62. The van der Waals surface area contributed by atoms with Gasteiger partial charge < -0.3 is 5.32 Å². The fourth-order valence-corrected chi connectivity index (χ4v) is 3.25. The standard InChI is InChI=1S/C21H20ClN5O/c1-21(2,27-13-17(22)10-24-27)20(28)25-18-11-23-26(14-18)12-16-8-5-7-15-6-3-4-9-19(15)16/h3-11,13-14H,12H2,1-2H3,(H,25,28). The molecule has 2 heterocycles. The Bertz CT molecular complexity index is 1140. The predicted octanol–water partition coefficient (Wildman–Crippen LogP) is 4.31. The Balaban J connectivity index is 1.51. The molecule has 0 bridgehead atoms. The molecule has 7 heteroatoms. The fourth-order valence-electron chi connectivity index (χ4n) is 3.11. The third-order valence-electron chi connectivity index (χ3n) is 4.78. The lowest BCUT2D eigenvalue weighted by Crippen LogP contribution is -2.40. The molecular weight excluding hydrogens is 374 g/mol. The van der Waals surface area contributed by atoms with Gasteiger partial charge in [0.25, 0.3) is 5.91 Å². The Morgan fingerprint density at radius 2 is 1.86 bits per heavy atom. The van der Waals surface area contributed by atoms with Gasteiger partial charge in [-0.05, 0) is 30.2 Å². The minimum absolute atomic E-state index is 0.197. The lowest BCUT2D eigenvalue weighted by molar-refractivity contribution is -0.123. The molecule has 0 aliphatic rings. The molecule has 0 aliphatic heterocycles. The number of aromatic nitrogens is 4. The molecule has 0 atom stereocenters. The molecule has 2 aromatic carbocycles. The van der Waals surface area contributed by atoms with Crippen LogP contribution in [0.5, 0.6) is 0 Å². The number of nitrogens with one attached hydrogen (secondary N) is 1. The number of carbonyl (C=O) groups is 1. The molecule has 1 amide bonds. The van der Waals surface area contributed by atoms with E-state index in [9.17, 15) is 4.79 Å². The summed E-state index contributed by atoms with van der Waals surface area (Å²) in [6.07, 6.45) is 6.62. The Kier molecular flexibility index (Phi) is 4.65. The molecule has 0 unspecified atom stereocenters. The molecule has 0 fully saturated rings. The van der Waals surface area contributed by atoms with E-state index >= 15 is 0 Å². The average molecular weight is 394 g/mol. The van der Waals surface area contributed by atoms with Gasteiger partial charge in [0.2, 0.25) is 0 Å². The van der Waals surface area contributed by atoms with E-state index in [-0.39, 0.29) is 5.91 Å². The van der Waals surface area contributed by atoms with E-state index in [2.05, 4.69) is 39.8 Å². The van der Waals surface area contributed by atoms with Crippen LogP contribution >= 0.6 is 11.6 Å². The van der Waals surface area contributed by atoms with E-state index in [1.807, 2.05) is 29.1 Å². The number of fused-ring (bicyclic) bond motifs is 1. The molecule has 0 radical (unpaired) electrons. The maximum atomic E-state index is 12.7. The molecule has 2 aromatic heterocycles. The number of benzene rings is 2. The first-order valence-electron chi connectivity index (χ1n) is 8.95. The molecule has 6 nitrogen and oxygen atoms in total. The van der Waals surface area contributed by atoms with E-state index in [1.165, 1.54) is 22.5 Å². The first-order valence-corrected chi connectivity index (χ1v) is 9.32. The van der Waals surface area contributed by atoms with Gasteiger partial charge in [0.05, 0.1) is 29.6 Å². The van der Waals surface area contributed by atoms with Crippen molar-refractivity contribution < 1.29 is 4.79 Å². The van der Waals surface area contributed by atoms with Crippen LogP contribution in [0, 0.1) is 0 Å². The van der Waals surface area contributed by atoms with Crippen LogP contribution < -0.4 is 5.32 Å². The molecule has 0 saturated carbocycles. The predicted molar refractivity (Wildman–Crippen MR) is 110 cm³/mol. The SMILES string of the molecule is CC(C)(C(=O)Nc1cnn(Cc2cccc3ccccc23)c1)n1cc(Cl)cn1. The summed E-state index contributed by atoms with van der Waals surface area (Å²) >= 11 is 5.92. The number of amides is 1. The number of nitrogens with zero attached hydrogens (tertiary/aromatic N) is 4. The summed E-state index contributed by atoms with van der Waals surface area (Å²) in [4.78, 5) is 12.7. The van der Waals surface area contributed by atoms with Crippen molar-refractivity contribution in [2.75, 3.05) is 5.32 Å². The number of hydrogen-bond acceptors (Lipinski definition) is 3. The zero-order chi connectivity index (χ0) is 19.7. The molecule has 4 rings (SSSR count). The number of halogens is 1. The zero-order valence-corrected chi connectivity index (χ0v) is 16.4. The van der Waals surface area contributed by atoms with Crippen molar-refractivity contribution in [1.29, 1.82) is 0 Å². The summed E-state index contributed by atoms with van der Waals surface area (Å²) in [5, 5.41) is 14.3. The Morgan fingerprint density at radius 1 is 1.07 bits per heavy atom. The van der Waals surface area contributed by atoms with Crippen LogP contribution in [0.3, 0.4) is 0 Å². The Hall–Kier alpha value is -3.12. The van der Waals surface area contributed by atoms with E-state index in [0.29, 0.717) is 17.3 Å². The van der Waals surface area contributed by atoms with Gasteiger partial charge in [0.15, 0.2) is 0 Å². The lowest BCUT2D eigenvalue weighted by atomic mass is 10.0. The molecule has 0 spiro atoms. The second kappa shape index (κ2) is 7.13. The van der Waals surface area contributed by atoms with Crippen LogP contribution in [0.4, 0.5) is 5.69 Å². The van der Waals surface area contributed by atoms with E-state index in [1.54, 1.807) is 30.9 Å². The monoisotopic (exact) mass is 393 g/mol. The summed E-state index contributed by atoms with van der Waals surface area (Å²) in [6, 6.07) is 14.5. The Labute approximate surface area is 167 Å². The van der Waals surface area contributed by atoms with Gasteiger partial charge in [-0.25, -0.2) is 0 Å². The molecule has 142 valence electrons.